The molecular formula is C16H16FN3. The molecule has 0 saturated carbocycles. The Morgan fingerprint density at radius 3 is 2.55 bits per heavy atom. The summed E-state index contributed by atoms with van der Waals surface area (Å²) in [5.41, 5.74) is 3.74. The molecule has 0 amide bonds. The summed E-state index contributed by atoms with van der Waals surface area (Å²) in [5, 5.41) is 3.09. The van der Waals surface area contributed by atoms with Crippen LogP contribution in [0, 0.1) is 5.82 Å². The molecule has 0 atom stereocenters. The van der Waals surface area contributed by atoms with Gasteiger partial charge in [-0.2, -0.15) is 0 Å². The molecule has 0 aliphatic heterocycles. The van der Waals surface area contributed by atoms with Gasteiger partial charge in [0.15, 0.2) is 0 Å². The number of benzene rings is 2. The van der Waals surface area contributed by atoms with Crippen molar-refractivity contribution in [2.45, 2.75) is 13.5 Å². The quantitative estimate of drug-likeness (QED) is 0.781. The topological polar surface area (TPSA) is 29.9 Å². The second-order valence-electron chi connectivity index (χ2n) is 4.64. The summed E-state index contributed by atoms with van der Waals surface area (Å²) in [5.74, 6) is 0.639. The van der Waals surface area contributed by atoms with E-state index in [-0.39, 0.29) is 5.82 Å². The van der Waals surface area contributed by atoms with Crippen LogP contribution in [0.1, 0.15) is 6.92 Å². The van der Waals surface area contributed by atoms with Crippen LogP contribution in [0.2, 0.25) is 0 Å². The van der Waals surface area contributed by atoms with Crippen LogP contribution in [0.15, 0.2) is 42.5 Å². The molecule has 0 unspecified atom stereocenters. The molecule has 102 valence electrons. The van der Waals surface area contributed by atoms with Gasteiger partial charge in [0.2, 0.25) is 0 Å². The van der Waals surface area contributed by atoms with Crippen molar-refractivity contribution in [1.29, 1.82) is 0 Å². The summed E-state index contributed by atoms with van der Waals surface area (Å²) >= 11 is 0. The fourth-order valence-corrected chi connectivity index (χ4v) is 2.42. The summed E-state index contributed by atoms with van der Waals surface area (Å²) in [6.07, 6.45) is 0. The number of hydrogen-bond acceptors (Lipinski definition) is 2. The summed E-state index contributed by atoms with van der Waals surface area (Å²) < 4.78 is 15.4. The molecule has 0 aliphatic carbocycles. The lowest BCUT2D eigenvalue weighted by atomic mass is 10.2. The van der Waals surface area contributed by atoms with Crippen molar-refractivity contribution in [2.75, 3.05) is 12.4 Å². The number of aryl methyl sites for hydroxylation is 1. The van der Waals surface area contributed by atoms with Gasteiger partial charge >= 0.3 is 0 Å². The Morgan fingerprint density at radius 1 is 1.15 bits per heavy atom. The molecule has 4 heteroatoms. The number of rotatable bonds is 3. The van der Waals surface area contributed by atoms with Gasteiger partial charge in [0.1, 0.15) is 11.6 Å². The zero-order valence-electron chi connectivity index (χ0n) is 11.5. The predicted molar refractivity (Wildman–Crippen MR) is 80.3 cm³/mol. The standard InChI is InChI=1S/C16H16FN3/c1-3-20-15-10-12(17)6-9-14(15)19-16(20)11-4-7-13(18-2)8-5-11/h4-10,18H,3H2,1-2H3. The fourth-order valence-electron chi connectivity index (χ4n) is 2.42. The van der Waals surface area contributed by atoms with Gasteiger partial charge in [0.05, 0.1) is 11.0 Å². The Hall–Kier alpha value is -2.36. The lowest BCUT2D eigenvalue weighted by Crippen LogP contribution is -1.97. The van der Waals surface area contributed by atoms with Crippen molar-refractivity contribution in [3.8, 4) is 11.4 Å². The highest BCUT2D eigenvalue weighted by atomic mass is 19.1. The summed E-state index contributed by atoms with van der Waals surface area (Å²) in [7, 11) is 1.89. The van der Waals surface area contributed by atoms with Crippen LogP contribution in [-0.2, 0) is 6.54 Å². The number of fused-ring (bicyclic) bond motifs is 1. The first-order valence-corrected chi connectivity index (χ1v) is 6.67. The summed E-state index contributed by atoms with van der Waals surface area (Å²) in [6.45, 7) is 2.79. The first-order chi connectivity index (χ1) is 9.72. The number of hydrogen-bond donors (Lipinski definition) is 1. The van der Waals surface area contributed by atoms with E-state index >= 15 is 0 Å². The fraction of sp³-hybridized carbons (Fsp3) is 0.188. The number of halogens is 1. The molecule has 0 radical (unpaired) electrons. The molecule has 3 aromatic rings. The Labute approximate surface area is 117 Å². The van der Waals surface area contributed by atoms with E-state index in [0.29, 0.717) is 0 Å². The van der Waals surface area contributed by atoms with E-state index in [1.165, 1.54) is 12.1 Å². The van der Waals surface area contributed by atoms with Gasteiger partial charge in [-0.1, -0.05) is 0 Å². The third kappa shape index (κ3) is 2.03. The minimum absolute atomic E-state index is 0.232. The smallest absolute Gasteiger partial charge is 0.141 e. The normalized spacial score (nSPS) is 10.9. The van der Waals surface area contributed by atoms with Gasteiger partial charge < -0.3 is 9.88 Å². The van der Waals surface area contributed by atoms with Crippen molar-refractivity contribution in [1.82, 2.24) is 9.55 Å². The highest BCUT2D eigenvalue weighted by Crippen LogP contribution is 2.26. The molecule has 3 rings (SSSR count). The Morgan fingerprint density at radius 2 is 1.90 bits per heavy atom. The maximum Gasteiger partial charge on any atom is 0.141 e. The Bertz CT molecular complexity index is 744. The molecule has 0 saturated heterocycles. The lowest BCUT2D eigenvalue weighted by Gasteiger charge is -2.07. The third-order valence-electron chi connectivity index (χ3n) is 3.46. The van der Waals surface area contributed by atoms with Crippen LogP contribution >= 0.6 is 0 Å². The van der Waals surface area contributed by atoms with Crippen LogP contribution < -0.4 is 5.32 Å². The van der Waals surface area contributed by atoms with E-state index in [4.69, 9.17) is 0 Å². The van der Waals surface area contributed by atoms with Crippen LogP contribution in [0.3, 0.4) is 0 Å². The monoisotopic (exact) mass is 269 g/mol. The average Bonchev–Trinajstić information content (AvgIpc) is 2.85. The minimum Gasteiger partial charge on any atom is -0.388 e. The van der Waals surface area contributed by atoms with Gasteiger partial charge in [-0.3, -0.25) is 0 Å². The third-order valence-corrected chi connectivity index (χ3v) is 3.46. The maximum atomic E-state index is 13.4. The molecule has 0 spiro atoms. The molecule has 0 bridgehead atoms. The lowest BCUT2D eigenvalue weighted by molar-refractivity contribution is 0.628. The van der Waals surface area contributed by atoms with E-state index in [1.807, 2.05) is 42.8 Å². The Kier molecular flexibility index (Phi) is 3.14. The number of aromatic nitrogens is 2. The van der Waals surface area contributed by atoms with Crippen molar-refractivity contribution in [3.05, 3.63) is 48.3 Å². The summed E-state index contributed by atoms with van der Waals surface area (Å²) in [6, 6.07) is 12.8. The van der Waals surface area contributed by atoms with Gasteiger partial charge in [-0.05, 0) is 49.4 Å². The zero-order chi connectivity index (χ0) is 14.1. The van der Waals surface area contributed by atoms with Gasteiger partial charge in [-0.15, -0.1) is 0 Å². The molecule has 1 N–H and O–H groups in total. The van der Waals surface area contributed by atoms with Crippen LogP contribution in [0.5, 0.6) is 0 Å². The van der Waals surface area contributed by atoms with Crippen LogP contribution in [0.4, 0.5) is 10.1 Å². The van der Waals surface area contributed by atoms with Crippen LogP contribution in [0.25, 0.3) is 22.4 Å². The largest absolute Gasteiger partial charge is 0.388 e. The van der Waals surface area contributed by atoms with Gasteiger partial charge in [0, 0.05) is 24.8 Å². The SMILES string of the molecule is CCn1c(-c2ccc(NC)cc2)nc2ccc(F)cc21. The second-order valence-corrected chi connectivity index (χ2v) is 4.64. The van der Waals surface area contributed by atoms with Gasteiger partial charge in [-0.25, -0.2) is 9.37 Å². The molecule has 2 aromatic carbocycles. The molecular weight excluding hydrogens is 253 g/mol. The average molecular weight is 269 g/mol. The molecule has 1 aromatic heterocycles. The summed E-state index contributed by atoms with van der Waals surface area (Å²) in [4.78, 5) is 4.63. The molecule has 3 nitrogen and oxygen atoms in total. The van der Waals surface area contributed by atoms with Gasteiger partial charge in [0.25, 0.3) is 0 Å². The van der Waals surface area contributed by atoms with E-state index in [1.54, 1.807) is 6.07 Å². The zero-order valence-corrected chi connectivity index (χ0v) is 11.5. The highest BCUT2D eigenvalue weighted by Gasteiger charge is 2.11. The number of nitrogens with zero attached hydrogens (tertiary/aromatic N) is 2. The molecule has 0 fully saturated rings. The first-order valence-electron chi connectivity index (χ1n) is 6.67. The Balaban J connectivity index is 2.19. The van der Waals surface area contributed by atoms with E-state index in [9.17, 15) is 4.39 Å². The van der Waals surface area contributed by atoms with Crippen LogP contribution in [-0.4, -0.2) is 16.6 Å². The van der Waals surface area contributed by atoms with E-state index in [0.717, 1.165) is 34.7 Å². The molecule has 1 heterocycles. The van der Waals surface area contributed by atoms with E-state index in [2.05, 4.69) is 10.3 Å². The van der Waals surface area contributed by atoms with E-state index < -0.39 is 0 Å². The van der Waals surface area contributed by atoms with Crippen molar-refractivity contribution >= 4 is 16.7 Å². The van der Waals surface area contributed by atoms with Crippen molar-refractivity contribution in [3.63, 3.8) is 0 Å². The maximum absolute atomic E-state index is 13.4. The minimum atomic E-state index is -0.232. The van der Waals surface area contributed by atoms with Crippen molar-refractivity contribution in [2.24, 2.45) is 0 Å². The molecule has 0 aliphatic rings. The molecule has 20 heavy (non-hydrogen) atoms. The highest BCUT2D eigenvalue weighted by molar-refractivity contribution is 5.81. The first kappa shape index (κ1) is 12.7. The number of imidazole rings is 1. The second kappa shape index (κ2) is 4.96. The number of anilines is 1. The predicted octanol–water partition coefficient (Wildman–Crippen LogP) is 3.90. The van der Waals surface area contributed by atoms with Crippen molar-refractivity contribution < 1.29 is 4.39 Å². The number of nitrogens with one attached hydrogen (secondary N) is 1.